The number of rotatable bonds is 4. The highest BCUT2D eigenvalue weighted by atomic mass is 19.2. The summed E-state index contributed by atoms with van der Waals surface area (Å²) in [6.07, 6.45) is 0. The number of carbonyl (C=O) groups excluding carboxylic acids is 1. The van der Waals surface area contributed by atoms with Gasteiger partial charge in [-0.25, -0.2) is 8.78 Å². The first-order valence-electron chi connectivity index (χ1n) is 6.41. The Morgan fingerprint density at radius 1 is 1.14 bits per heavy atom. The summed E-state index contributed by atoms with van der Waals surface area (Å²) in [5.41, 5.74) is 0.867. The lowest BCUT2D eigenvalue weighted by atomic mass is 10.1. The number of amides is 1. The minimum atomic E-state index is -1.05. The monoisotopic (exact) mass is 291 g/mol. The maximum absolute atomic E-state index is 13.1. The van der Waals surface area contributed by atoms with Crippen LogP contribution in [0.2, 0.25) is 0 Å². The molecule has 0 radical (unpaired) electrons. The van der Waals surface area contributed by atoms with Crippen LogP contribution in [0.1, 0.15) is 28.9 Å². The van der Waals surface area contributed by atoms with Gasteiger partial charge in [-0.3, -0.25) is 4.79 Å². The molecule has 1 N–H and O–H groups in total. The van der Waals surface area contributed by atoms with Crippen LogP contribution in [0.4, 0.5) is 8.78 Å². The first-order valence-corrected chi connectivity index (χ1v) is 6.41. The number of para-hydroxylation sites is 1. The molecule has 0 fully saturated rings. The van der Waals surface area contributed by atoms with Gasteiger partial charge in [0.2, 0.25) is 0 Å². The Hall–Kier alpha value is -2.43. The zero-order chi connectivity index (χ0) is 15.4. The highest BCUT2D eigenvalue weighted by Crippen LogP contribution is 2.24. The summed E-state index contributed by atoms with van der Waals surface area (Å²) in [6, 6.07) is 9.98. The van der Waals surface area contributed by atoms with Crippen LogP contribution < -0.4 is 10.1 Å². The Morgan fingerprint density at radius 2 is 1.86 bits per heavy atom. The number of carbonyl (C=O) groups is 1. The van der Waals surface area contributed by atoms with Gasteiger partial charge < -0.3 is 10.1 Å². The molecular weight excluding hydrogens is 276 g/mol. The van der Waals surface area contributed by atoms with E-state index in [-0.39, 0.29) is 11.6 Å². The first-order chi connectivity index (χ1) is 10.0. The predicted octanol–water partition coefficient (Wildman–Crippen LogP) is 3.46. The second kappa shape index (κ2) is 6.35. The molecule has 0 aliphatic rings. The lowest BCUT2D eigenvalue weighted by Crippen LogP contribution is -2.27. The van der Waals surface area contributed by atoms with Crippen LogP contribution in [0, 0.1) is 11.6 Å². The van der Waals surface area contributed by atoms with Crippen LogP contribution >= 0.6 is 0 Å². The van der Waals surface area contributed by atoms with Crippen molar-refractivity contribution in [3.63, 3.8) is 0 Å². The van der Waals surface area contributed by atoms with Gasteiger partial charge in [0.25, 0.3) is 5.91 Å². The average molecular weight is 291 g/mol. The number of ether oxygens (including phenoxy) is 1. The van der Waals surface area contributed by atoms with Crippen LogP contribution in [0.25, 0.3) is 0 Å². The number of hydrogen-bond donors (Lipinski definition) is 1. The van der Waals surface area contributed by atoms with E-state index in [1.807, 2.05) is 18.2 Å². The van der Waals surface area contributed by atoms with Crippen LogP contribution in [0.3, 0.4) is 0 Å². The average Bonchev–Trinajstić information content (AvgIpc) is 2.49. The molecule has 0 aliphatic carbocycles. The van der Waals surface area contributed by atoms with Gasteiger partial charge in [-0.05, 0) is 31.2 Å². The minimum Gasteiger partial charge on any atom is -0.496 e. The summed E-state index contributed by atoms with van der Waals surface area (Å²) in [4.78, 5) is 12.1. The Labute approximate surface area is 121 Å². The van der Waals surface area contributed by atoms with E-state index in [1.165, 1.54) is 6.07 Å². The van der Waals surface area contributed by atoms with Crippen molar-refractivity contribution in [2.75, 3.05) is 7.11 Å². The summed E-state index contributed by atoms with van der Waals surface area (Å²) < 4.78 is 31.2. The first kappa shape index (κ1) is 15.0. The van der Waals surface area contributed by atoms with Gasteiger partial charge >= 0.3 is 0 Å². The SMILES string of the molecule is COc1ccccc1C(C)NC(=O)c1ccc(F)c(F)c1. The van der Waals surface area contributed by atoms with Crippen molar-refractivity contribution in [2.24, 2.45) is 0 Å². The molecule has 0 saturated carbocycles. The third-order valence-electron chi connectivity index (χ3n) is 3.13. The lowest BCUT2D eigenvalue weighted by Gasteiger charge is -2.17. The Bertz CT molecular complexity index is 658. The van der Waals surface area contributed by atoms with E-state index in [9.17, 15) is 13.6 Å². The second-order valence-corrected chi connectivity index (χ2v) is 4.57. The third kappa shape index (κ3) is 3.37. The van der Waals surface area contributed by atoms with Crippen LogP contribution in [-0.2, 0) is 0 Å². The highest BCUT2D eigenvalue weighted by Gasteiger charge is 2.15. The molecule has 2 aromatic rings. The van der Waals surface area contributed by atoms with Gasteiger partial charge in [-0.15, -0.1) is 0 Å². The van der Waals surface area contributed by atoms with E-state index in [1.54, 1.807) is 20.1 Å². The van der Waals surface area contributed by atoms with Crippen molar-refractivity contribution in [2.45, 2.75) is 13.0 Å². The van der Waals surface area contributed by atoms with E-state index < -0.39 is 17.5 Å². The summed E-state index contributed by atoms with van der Waals surface area (Å²) >= 11 is 0. The largest absolute Gasteiger partial charge is 0.496 e. The zero-order valence-electron chi connectivity index (χ0n) is 11.7. The number of nitrogens with one attached hydrogen (secondary N) is 1. The fraction of sp³-hybridized carbons (Fsp3) is 0.188. The maximum atomic E-state index is 13.1. The second-order valence-electron chi connectivity index (χ2n) is 4.57. The van der Waals surface area contributed by atoms with E-state index in [0.29, 0.717) is 5.75 Å². The lowest BCUT2D eigenvalue weighted by molar-refractivity contribution is 0.0939. The van der Waals surface area contributed by atoms with Gasteiger partial charge in [-0.1, -0.05) is 18.2 Å². The molecule has 2 aromatic carbocycles. The molecule has 2 rings (SSSR count). The summed E-state index contributed by atoms with van der Waals surface area (Å²) in [6.45, 7) is 1.79. The fourth-order valence-corrected chi connectivity index (χ4v) is 2.02. The Balaban J connectivity index is 2.16. The van der Waals surface area contributed by atoms with Crippen molar-refractivity contribution in [3.05, 3.63) is 65.2 Å². The highest BCUT2D eigenvalue weighted by molar-refractivity contribution is 5.94. The van der Waals surface area contributed by atoms with Crippen molar-refractivity contribution in [1.82, 2.24) is 5.32 Å². The normalized spacial score (nSPS) is 11.8. The van der Waals surface area contributed by atoms with E-state index in [2.05, 4.69) is 5.32 Å². The molecule has 110 valence electrons. The van der Waals surface area contributed by atoms with E-state index >= 15 is 0 Å². The van der Waals surface area contributed by atoms with Crippen LogP contribution in [0.5, 0.6) is 5.75 Å². The minimum absolute atomic E-state index is 0.0654. The van der Waals surface area contributed by atoms with Crippen molar-refractivity contribution in [1.29, 1.82) is 0 Å². The molecule has 0 aromatic heterocycles. The number of benzene rings is 2. The standard InChI is InChI=1S/C16H15F2NO2/c1-10(12-5-3-4-6-15(12)21-2)19-16(20)11-7-8-13(17)14(18)9-11/h3-10H,1-2H3,(H,19,20). The molecule has 1 atom stereocenters. The van der Waals surface area contributed by atoms with Gasteiger partial charge in [0, 0.05) is 11.1 Å². The van der Waals surface area contributed by atoms with Gasteiger partial charge in [0.15, 0.2) is 11.6 Å². The van der Waals surface area contributed by atoms with E-state index in [4.69, 9.17) is 4.74 Å². The fourth-order valence-electron chi connectivity index (χ4n) is 2.02. The summed E-state index contributed by atoms with van der Waals surface area (Å²) in [5.74, 6) is -1.86. The molecule has 21 heavy (non-hydrogen) atoms. The van der Waals surface area contributed by atoms with Crippen molar-refractivity contribution in [3.8, 4) is 5.75 Å². The Kier molecular flexibility index (Phi) is 4.52. The van der Waals surface area contributed by atoms with Gasteiger partial charge in [0.05, 0.1) is 13.2 Å². The topological polar surface area (TPSA) is 38.3 Å². The molecule has 3 nitrogen and oxygen atoms in total. The molecule has 1 unspecified atom stereocenters. The molecule has 0 heterocycles. The quantitative estimate of drug-likeness (QED) is 0.936. The van der Waals surface area contributed by atoms with Crippen molar-refractivity contribution >= 4 is 5.91 Å². The van der Waals surface area contributed by atoms with Crippen molar-refractivity contribution < 1.29 is 18.3 Å². The maximum Gasteiger partial charge on any atom is 0.251 e. The van der Waals surface area contributed by atoms with Gasteiger partial charge in [-0.2, -0.15) is 0 Å². The number of methoxy groups -OCH3 is 1. The molecule has 0 saturated heterocycles. The molecule has 5 heteroatoms. The molecule has 0 aliphatic heterocycles. The molecule has 1 amide bonds. The van der Waals surface area contributed by atoms with Crippen LogP contribution in [0.15, 0.2) is 42.5 Å². The summed E-state index contributed by atoms with van der Waals surface area (Å²) in [7, 11) is 1.54. The Morgan fingerprint density at radius 3 is 2.52 bits per heavy atom. The number of halogens is 2. The smallest absolute Gasteiger partial charge is 0.251 e. The zero-order valence-corrected chi connectivity index (χ0v) is 11.7. The van der Waals surface area contributed by atoms with E-state index in [0.717, 1.165) is 17.7 Å². The predicted molar refractivity (Wildman–Crippen MR) is 75.2 cm³/mol. The van der Waals surface area contributed by atoms with Gasteiger partial charge in [0.1, 0.15) is 5.75 Å². The molecule has 0 spiro atoms. The summed E-state index contributed by atoms with van der Waals surface area (Å²) in [5, 5.41) is 2.73. The molecule has 0 bridgehead atoms. The molecular formula is C16H15F2NO2. The number of hydrogen-bond acceptors (Lipinski definition) is 2. The van der Waals surface area contributed by atoms with Crippen LogP contribution in [-0.4, -0.2) is 13.0 Å². The third-order valence-corrected chi connectivity index (χ3v) is 3.13.